The van der Waals surface area contributed by atoms with E-state index in [0.717, 1.165) is 62.8 Å². The topological polar surface area (TPSA) is 62.5 Å². The van der Waals surface area contributed by atoms with Gasteiger partial charge in [-0.25, -0.2) is 0 Å². The van der Waals surface area contributed by atoms with E-state index in [4.69, 9.17) is 4.42 Å². The molecular weight excluding hydrogens is 448 g/mol. The van der Waals surface area contributed by atoms with E-state index in [1.807, 2.05) is 6.07 Å². The van der Waals surface area contributed by atoms with Gasteiger partial charge in [-0.05, 0) is 80.4 Å². The van der Waals surface area contributed by atoms with E-state index in [0.29, 0.717) is 17.7 Å². The molecule has 2 aliphatic rings. The molecule has 0 N–H and O–H groups in total. The zero-order valence-corrected chi connectivity index (χ0v) is 20.5. The molecule has 6 rings (SSSR count). The van der Waals surface area contributed by atoms with E-state index in [1.165, 1.54) is 11.1 Å². The minimum Gasteiger partial charge on any atom is -0.459 e. The second-order valence-electron chi connectivity index (χ2n) is 10.1. The Labute approximate surface area is 212 Å². The van der Waals surface area contributed by atoms with Crippen molar-refractivity contribution in [3.05, 3.63) is 96.2 Å². The molecule has 0 radical (unpaired) electrons. The largest absolute Gasteiger partial charge is 0.459 e. The number of rotatable bonds is 8. The first-order valence-corrected chi connectivity index (χ1v) is 13.1. The minimum atomic E-state index is 0.0418. The number of carbonyl (C=O) groups excluding carboxylic acids is 1. The van der Waals surface area contributed by atoms with E-state index in [-0.39, 0.29) is 11.9 Å². The third-order valence-corrected chi connectivity index (χ3v) is 7.70. The quantitative estimate of drug-likeness (QED) is 0.340. The standard InChI is InChI=1S/C30H32N4O2/c35-30(28-10-5-19-36-28)34(25-11-12-25)27(20-22-6-2-1-3-7-22)23-13-17-33(18-14-23)21-24-8-4-9-26-29(24)32-16-15-31-26/h1-10,15-16,19,23,25,27H,11-14,17-18,20-21H2/t27-/m0/s1. The summed E-state index contributed by atoms with van der Waals surface area (Å²) < 4.78 is 5.55. The van der Waals surface area contributed by atoms with Crippen LogP contribution in [0, 0.1) is 5.92 Å². The number of para-hydroxylation sites is 1. The Morgan fingerprint density at radius 2 is 1.75 bits per heavy atom. The molecule has 2 aromatic carbocycles. The van der Waals surface area contributed by atoms with Gasteiger partial charge in [-0.2, -0.15) is 0 Å². The maximum atomic E-state index is 13.6. The number of hydrogen-bond acceptors (Lipinski definition) is 5. The predicted octanol–water partition coefficient (Wildman–Crippen LogP) is 5.35. The summed E-state index contributed by atoms with van der Waals surface area (Å²) in [7, 11) is 0. The van der Waals surface area contributed by atoms with E-state index in [9.17, 15) is 4.79 Å². The van der Waals surface area contributed by atoms with Gasteiger partial charge in [0.2, 0.25) is 0 Å². The summed E-state index contributed by atoms with van der Waals surface area (Å²) in [5, 5.41) is 0. The summed E-state index contributed by atoms with van der Waals surface area (Å²) in [4.78, 5) is 27.3. The fourth-order valence-electron chi connectivity index (χ4n) is 5.73. The van der Waals surface area contributed by atoms with Gasteiger partial charge in [-0.15, -0.1) is 0 Å². The molecule has 1 saturated carbocycles. The Balaban J connectivity index is 1.20. The lowest BCUT2D eigenvalue weighted by molar-refractivity contribution is 0.0454. The zero-order chi connectivity index (χ0) is 24.3. The van der Waals surface area contributed by atoms with E-state index in [1.54, 1.807) is 30.8 Å². The second-order valence-corrected chi connectivity index (χ2v) is 10.1. The first-order valence-electron chi connectivity index (χ1n) is 13.1. The van der Waals surface area contributed by atoms with Crippen LogP contribution in [0.5, 0.6) is 0 Å². The van der Waals surface area contributed by atoms with Crippen molar-refractivity contribution in [2.24, 2.45) is 5.92 Å². The third kappa shape index (κ3) is 4.91. The van der Waals surface area contributed by atoms with Gasteiger partial charge in [0.1, 0.15) is 0 Å². The summed E-state index contributed by atoms with van der Waals surface area (Å²) in [6.07, 6.45) is 10.3. The highest BCUT2D eigenvalue weighted by Gasteiger charge is 2.42. The van der Waals surface area contributed by atoms with Crippen molar-refractivity contribution in [2.75, 3.05) is 13.1 Å². The number of fused-ring (bicyclic) bond motifs is 1. The Morgan fingerprint density at radius 3 is 2.50 bits per heavy atom. The van der Waals surface area contributed by atoms with Gasteiger partial charge in [-0.3, -0.25) is 19.7 Å². The van der Waals surface area contributed by atoms with E-state index in [2.05, 4.69) is 62.2 Å². The predicted molar refractivity (Wildman–Crippen MR) is 139 cm³/mol. The molecule has 0 bridgehead atoms. The first kappa shape index (κ1) is 22.9. The maximum Gasteiger partial charge on any atom is 0.290 e. The number of amides is 1. The van der Waals surface area contributed by atoms with Crippen LogP contribution in [0.4, 0.5) is 0 Å². The molecule has 1 amide bonds. The lowest BCUT2D eigenvalue weighted by atomic mass is 9.84. The first-order chi connectivity index (χ1) is 17.8. The van der Waals surface area contributed by atoms with Crippen LogP contribution in [0.25, 0.3) is 11.0 Å². The summed E-state index contributed by atoms with van der Waals surface area (Å²) in [5.74, 6) is 0.947. The number of piperidine rings is 1. The Hall–Kier alpha value is -3.51. The second kappa shape index (κ2) is 10.2. The number of aromatic nitrogens is 2. The fraction of sp³-hybridized carbons (Fsp3) is 0.367. The molecule has 6 heteroatoms. The van der Waals surface area contributed by atoms with Crippen molar-refractivity contribution in [3.8, 4) is 0 Å². The maximum absolute atomic E-state index is 13.6. The molecule has 2 aromatic heterocycles. The van der Waals surface area contributed by atoms with Crippen molar-refractivity contribution >= 4 is 16.9 Å². The Bertz CT molecular complexity index is 1290. The summed E-state index contributed by atoms with van der Waals surface area (Å²) in [5.41, 5.74) is 4.46. The SMILES string of the molecule is O=C(c1ccco1)N(C1CC1)[C@@H](Cc1ccccc1)C1CCN(Cc2cccc3nccnc23)CC1. The molecular formula is C30H32N4O2. The average Bonchev–Trinajstić information content (AvgIpc) is 3.60. The number of carbonyl (C=O) groups is 1. The normalized spacial score (nSPS) is 17.8. The van der Waals surface area contributed by atoms with Crippen LogP contribution in [0.15, 0.2) is 83.7 Å². The van der Waals surface area contributed by atoms with Crippen LogP contribution in [0.1, 0.15) is 47.4 Å². The molecule has 1 atom stereocenters. The van der Waals surface area contributed by atoms with Crippen LogP contribution in [-0.2, 0) is 13.0 Å². The van der Waals surface area contributed by atoms with Crippen molar-refractivity contribution < 1.29 is 9.21 Å². The lowest BCUT2D eigenvalue weighted by Crippen LogP contribution is -2.50. The third-order valence-electron chi connectivity index (χ3n) is 7.70. The van der Waals surface area contributed by atoms with Gasteiger partial charge in [0.05, 0.1) is 17.3 Å². The molecule has 3 heterocycles. The highest BCUT2D eigenvalue weighted by Crippen LogP contribution is 2.36. The van der Waals surface area contributed by atoms with Gasteiger partial charge >= 0.3 is 0 Å². The molecule has 1 aliphatic heterocycles. The number of nitrogens with zero attached hydrogens (tertiary/aromatic N) is 4. The molecule has 4 aromatic rings. The van der Waals surface area contributed by atoms with Gasteiger partial charge in [0, 0.05) is 31.0 Å². The number of likely N-dealkylation sites (tertiary alicyclic amines) is 1. The Kier molecular flexibility index (Phi) is 6.51. The highest BCUT2D eigenvalue weighted by atomic mass is 16.3. The van der Waals surface area contributed by atoms with Gasteiger partial charge in [0.15, 0.2) is 5.76 Å². The van der Waals surface area contributed by atoms with Gasteiger partial charge in [-0.1, -0.05) is 42.5 Å². The molecule has 36 heavy (non-hydrogen) atoms. The Morgan fingerprint density at radius 1 is 0.944 bits per heavy atom. The van der Waals surface area contributed by atoms with Crippen molar-refractivity contribution in [2.45, 2.75) is 50.7 Å². The van der Waals surface area contributed by atoms with Crippen LogP contribution in [0.3, 0.4) is 0 Å². The molecule has 0 spiro atoms. The molecule has 0 unspecified atom stereocenters. The summed E-state index contributed by atoms with van der Waals surface area (Å²) in [6, 6.07) is 21.0. The number of benzene rings is 2. The fourth-order valence-corrected chi connectivity index (χ4v) is 5.73. The smallest absolute Gasteiger partial charge is 0.290 e. The number of hydrogen-bond donors (Lipinski definition) is 0. The average molecular weight is 481 g/mol. The van der Waals surface area contributed by atoms with E-state index < -0.39 is 0 Å². The van der Waals surface area contributed by atoms with Crippen molar-refractivity contribution in [1.29, 1.82) is 0 Å². The van der Waals surface area contributed by atoms with Crippen LogP contribution in [0.2, 0.25) is 0 Å². The number of furan rings is 1. The van der Waals surface area contributed by atoms with Crippen molar-refractivity contribution in [1.82, 2.24) is 19.8 Å². The van der Waals surface area contributed by atoms with Gasteiger partial charge in [0.25, 0.3) is 5.91 Å². The lowest BCUT2D eigenvalue weighted by Gasteiger charge is -2.41. The molecule has 2 fully saturated rings. The van der Waals surface area contributed by atoms with Crippen LogP contribution in [-0.4, -0.2) is 50.8 Å². The molecule has 6 nitrogen and oxygen atoms in total. The monoisotopic (exact) mass is 480 g/mol. The van der Waals surface area contributed by atoms with Crippen LogP contribution < -0.4 is 0 Å². The van der Waals surface area contributed by atoms with E-state index >= 15 is 0 Å². The van der Waals surface area contributed by atoms with Crippen molar-refractivity contribution in [3.63, 3.8) is 0 Å². The molecule has 184 valence electrons. The molecule has 1 saturated heterocycles. The highest BCUT2D eigenvalue weighted by molar-refractivity contribution is 5.92. The minimum absolute atomic E-state index is 0.0418. The molecule has 1 aliphatic carbocycles. The summed E-state index contributed by atoms with van der Waals surface area (Å²) in [6.45, 7) is 2.91. The van der Waals surface area contributed by atoms with Gasteiger partial charge < -0.3 is 9.32 Å². The summed E-state index contributed by atoms with van der Waals surface area (Å²) >= 11 is 0. The van der Waals surface area contributed by atoms with Crippen LogP contribution >= 0.6 is 0 Å². The zero-order valence-electron chi connectivity index (χ0n) is 20.5.